The smallest absolute Gasteiger partial charge is 0.231 e. The fourth-order valence-electron chi connectivity index (χ4n) is 4.89. The molecule has 1 saturated heterocycles. The van der Waals surface area contributed by atoms with Crippen molar-refractivity contribution in [3.05, 3.63) is 59.0 Å². The third kappa shape index (κ3) is 3.54. The molecule has 2 aliphatic rings. The van der Waals surface area contributed by atoms with Crippen LogP contribution in [0.4, 0.5) is 0 Å². The first kappa shape index (κ1) is 20.6. The van der Waals surface area contributed by atoms with Crippen LogP contribution < -0.4 is 9.47 Å². The van der Waals surface area contributed by atoms with Gasteiger partial charge in [0.25, 0.3) is 0 Å². The molecule has 1 fully saturated rings. The summed E-state index contributed by atoms with van der Waals surface area (Å²) >= 11 is 0. The summed E-state index contributed by atoms with van der Waals surface area (Å²) in [5, 5.41) is 11.6. The molecule has 0 amide bonds. The number of likely N-dealkylation sites (tertiary alicyclic amines) is 1. The first-order valence-corrected chi connectivity index (χ1v) is 11.1. The zero-order valence-electron chi connectivity index (χ0n) is 18.7. The number of ketones is 1. The Labute approximate surface area is 187 Å². The van der Waals surface area contributed by atoms with E-state index in [2.05, 4.69) is 11.8 Å². The maximum atomic E-state index is 13.2. The lowest BCUT2D eigenvalue weighted by Crippen LogP contribution is -2.33. The molecule has 3 aromatic rings. The summed E-state index contributed by atoms with van der Waals surface area (Å²) in [4.78, 5) is 15.5. The van der Waals surface area contributed by atoms with Crippen molar-refractivity contribution in [1.82, 2.24) is 9.47 Å². The van der Waals surface area contributed by atoms with Gasteiger partial charge in [0, 0.05) is 42.8 Å². The molecular weight excluding hydrogens is 404 g/mol. The number of rotatable bonds is 4. The topological polar surface area (TPSA) is 63.9 Å². The van der Waals surface area contributed by atoms with E-state index in [9.17, 15) is 9.90 Å². The summed E-state index contributed by atoms with van der Waals surface area (Å²) in [6.07, 6.45) is 6.14. The van der Waals surface area contributed by atoms with Crippen LogP contribution in [0.2, 0.25) is 0 Å². The number of hydrogen-bond acceptors (Lipinski definition) is 5. The number of nitrogens with zero attached hydrogens (tertiary/aromatic N) is 2. The maximum absolute atomic E-state index is 13.2. The van der Waals surface area contributed by atoms with E-state index in [4.69, 9.17) is 9.47 Å². The van der Waals surface area contributed by atoms with Crippen LogP contribution in [0.5, 0.6) is 17.2 Å². The van der Waals surface area contributed by atoms with Crippen molar-refractivity contribution in [1.29, 1.82) is 0 Å². The van der Waals surface area contributed by atoms with Crippen LogP contribution in [0.15, 0.2) is 42.3 Å². The Bertz CT molecular complexity index is 1240. The Kier molecular flexibility index (Phi) is 5.18. The van der Waals surface area contributed by atoms with E-state index in [1.807, 2.05) is 36.0 Å². The highest BCUT2D eigenvalue weighted by Crippen LogP contribution is 2.41. The van der Waals surface area contributed by atoms with Crippen molar-refractivity contribution < 1.29 is 19.4 Å². The number of hydrogen-bond donors (Lipinski definition) is 1. The molecule has 5 rings (SSSR count). The number of methoxy groups -OCH3 is 1. The fourth-order valence-corrected chi connectivity index (χ4v) is 4.89. The zero-order valence-corrected chi connectivity index (χ0v) is 18.7. The van der Waals surface area contributed by atoms with E-state index in [-0.39, 0.29) is 17.3 Å². The first-order valence-electron chi connectivity index (χ1n) is 11.1. The van der Waals surface area contributed by atoms with Crippen LogP contribution in [0.1, 0.15) is 41.3 Å². The van der Waals surface area contributed by atoms with Crippen molar-refractivity contribution in [3.63, 3.8) is 0 Å². The minimum atomic E-state index is -0.159. The van der Waals surface area contributed by atoms with Crippen molar-refractivity contribution >= 4 is 22.8 Å². The Morgan fingerprint density at radius 3 is 2.91 bits per heavy atom. The monoisotopic (exact) mass is 432 g/mol. The molecule has 1 aromatic heterocycles. The maximum Gasteiger partial charge on any atom is 0.231 e. The van der Waals surface area contributed by atoms with Gasteiger partial charge in [-0.25, -0.2) is 0 Å². The number of allylic oxidation sites excluding steroid dienone is 1. The molecule has 6 heteroatoms. The van der Waals surface area contributed by atoms with Gasteiger partial charge in [-0.1, -0.05) is 6.92 Å². The van der Waals surface area contributed by atoms with Crippen LogP contribution in [-0.2, 0) is 13.6 Å². The van der Waals surface area contributed by atoms with E-state index in [0.717, 1.165) is 41.7 Å². The predicted octanol–water partition coefficient (Wildman–Crippen LogP) is 4.74. The third-order valence-corrected chi connectivity index (χ3v) is 6.55. The van der Waals surface area contributed by atoms with Crippen molar-refractivity contribution in [2.75, 3.05) is 20.2 Å². The van der Waals surface area contributed by atoms with E-state index >= 15 is 0 Å². The SMILES string of the molecule is COc1ccc2c(c1)c(/C=C1/Oc3c(ccc(O)c3CN3CCCC(C)C3)C1=O)cn2C. The van der Waals surface area contributed by atoms with Gasteiger partial charge in [-0.15, -0.1) is 0 Å². The average molecular weight is 433 g/mol. The van der Waals surface area contributed by atoms with Gasteiger partial charge in [-0.3, -0.25) is 9.69 Å². The molecule has 1 N–H and O–H groups in total. The highest BCUT2D eigenvalue weighted by molar-refractivity contribution is 6.15. The average Bonchev–Trinajstić information content (AvgIpc) is 3.26. The highest BCUT2D eigenvalue weighted by Gasteiger charge is 2.32. The fraction of sp³-hybridized carbons (Fsp3) is 0.346. The number of ether oxygens (including phenoxy) is 2. The number of piperidine rings is 1. The highest BCUT2D eigenvalue weighted by atomic mass is 16.5. The molecule has 1 atom stereocenters. The van der Waals surface area contributed by atoms with Gasteiger partial charge in [0.2, 0.25) is 5.78 Å². The molecular formula is C26H28N2O4. The molecule has 0 spiro atoms. The summed E-state index contributed by atoms with van der Waals surface area (Å²) < 4.78 is 13.5. The van der Waals surface area contributed by atoms with Crippen molar-refractivity contribution in [2.24, 2.45) is 13.0 Å². The number of Topliss-reactive ketones (excluding diaryl/α,β-unsaturated/α-hetero) is 1. The standard InChI is InChI=1S/C26H28N2O4/c1-16-5-4-10-28(13-16)15-21-23(29)9-7-19-25(30)24(32-26(19)21)11-17-14-27(2)22-8-6-18(31-3)12-20(17)22/h6-9,11-12,14,16,29H,4-5,10,13,15H2,1-3H3/b24-11+. The quantitative estimate of drug-likeness (QED) is 0.604. The summed E-state index contributed by atoms with van der Waals surface area (Å²) in [6, 6.07) is 9.14. The van der Waals surface area contributed by atoms with Gasteiger partial charge in [-0.05, 0) is 61.7 Å². The normalized spacial score (nSPS) is 20.0. The lowest BCUT2D eigenvalue weighted by Gasteiger charge is -2.31. The second-order valence-electron chi connectivity index (χ2n) is 8.94. The molecule has 0 bridgehead atoms. The van der Waals surface area contributed by atoms with Crippen LogP contribution >= 0.6 is 0 Å². The van der Waals surface area contributed by atoms with Crippen LogP contribution in [-0.4, -0.2) is 40.6 Å². The van der Waals surface area contributed by atoms with Crippen LogP contribution in [0.3, 0.4) is 0 Å². The molecule has 0 aliphatic carbocycles. The number of phenolic OH excluding ortho intramolecular Hbond substituents is 1. The first-order chi connectivity index (χ1) is 15.4. The van der Waals surface area contributed by atoms with Gasteiger partial charge in [0.1, 0.15) is 17.2 Å². The summed E-state index contributed by atoms with van der Waals surface area (Å²) in [7, 11) is 3.61. The Hall–Kier alpha value is -3.25. The van der Waals surface area contributed by atoms with Crippen LogP contribution in [0, 0.1) is 5.92 Å². The third-order valence-electron chi connectivity index (χ3n) is 6.55. The lowest BCUT2D eigenvalue weighted by molar-refractivity contribution is 0.101. The number of aromatic hydroxyl groups is 1. The Morgan fingerprint density at radius 1 is 1.28 bits per heavy atom. The molecule has 6 nitrogen and oxygen atoms in total. The molecule has 2 aromatic carbocycles. The predicted molar refractivity (Wildman–Crippen MR) is 124 cm³/mol. The molecule has 32 heavy (non-hydrogen) atoms. The summed E-state index contributed by atoms with van der Waals surface area (Å²) in [6.45, 7) is 4.80. The molecule has 3 heterocycles. The van der Waals surface area contributed by atoms with E-state index in [1.165, 1.54) is 6.42 Å². The minimum absolute atomic E-state index is 0.159. The molecule has 1 unspecified atom stereocenters. The summed E-state index contributed by atoms with van der Waals surface area (Å²) in [5.74, 6) is 2.16. The number of fused-ring (bicyclic) bond motifs is 2. The number of carbonyl (C=O) groups is 1. The van der Waals surface area contributed by atoms with Gasteiger partial charge in [0.15, 0.2) is 5.76 Å². The second-order valence-corrected chi connectivity index (χ2v) is 8.94. The van der Waals surface area contributed by atoms with Gasteiger partial charge in [0.05, 0.1) is 18.2 Å². The number of benzene rings is 2. The number of carbonyl (C=O) groups excluding carboxylic acids is 1. The zero-order chi connectivity index (χ0) is 22.4. The van der Waals surface area contributed by atoms with E-state index < -0.39 is 0 Å². The number of aromatic nitrogens is 1. The minimum Gasteiger partial charge on any atom is -0.507 e. The second kappa shape index (κ2) is 8.02. The van der Waals surface area contributed by atoms with Crippen molar-refractivity contribution in [3.8, 4) is 17.2 Å². The Morgan fingerprint density at radius 2 is 2.12 bits per heavy atom. The van der Waals surface area contributed by atoms with Gasteiger partial charge >= 0.3 is 0 Å². The molecule has 2 aliphatic heterocycles. The van der Waals surface area contributed by atoms with Crippen molar-refractivity contribution in [2.45, 2.75) is 26.3 Å². The van der Waals surface area contributed by atoms with E-state index in [0.29, 0.717) is 29.3 Å². The largest absolute Gasteiger partial charge is 0.507 e. The van der Waals surface area contributed by atoms with E-state index in [1.54, 1.807) is 25.3 Å². The number of phenols is 1. The molecule has 0 saturated carbocycles. The van der Waals surface area contributed by atoms with Gasteiger partial charge < -0.3 is 19.1 Å². The summed E-state index contributed by atoms with van der Waals surface area (Å²) in [5.41, 5.74) is 3.12. The molecule has 166 valence electrons. The Balaban J connectivity index is 1.51. The van der Waals surface area contributed by atoms with Crippen LogP contribution in [0.25, 0.3) is 17.0 Å². The molecule has 0 radical (unpaired) electrons. The van der Waals surface area contributed by atoms with Gasteiger partial charge in [-0.2, -0.15) is 0 Å². The lowest BCUT2D eigenvalue weighted by atomic mass is 9.99. The number of aryl methyl sites for hydroxylation is 1.